The van der Waals surface area contributed by atoms with Gasteiger partial charge >= 0.3 is 0 Å². The Bertz CT molecular complexity index is 459. The predicted octanol–water partition coefficient (Wildman–Crippen LogP) is 3.10. The lowest BCUT2D eigenvalue weighted by molar-refractivity contribution is 0.0952. The summed E-state index contributed by atoms with van der Waals surface area (Å²) in [5, 5.41) is 2.87. The molecular weight excluding hydrogens is 262 g/mol. The lowest BCUT2D eigenvalue weighted by atomic mass is 10.1. The lowest BCUT2D eigenvalue weighted by Crippen LogP contribution is -2.30. The maximum Gasteiger partial charge on any atom is 0.251 e. The number of rotatable bonds is 5. The Morgan fingerprint density at radius 1 is 1.37 bits per heavy atom. The highest BCUT2D eigenvalue weighted by atomic mass is 35.5. The number of amides is 1. The Morgan fingerprint density at radius 2 is 2.11 bits per heavy atom. The van der Waals surface area contributed by atoms with E-state index < -0.39 is 0 Å². The van der Waals surface area contributed by atoms with Crippen molar-refractivity contribution in [3.63, 3.8) is 0 Å². The fraction of sp³-hybridized carbons (Fsp3) is 0.533. The number of carbonyl (C=O) groups is 1. The molecule has 1 atom stereocenters. The summed E-state index contributed by atoms with van der Waals surface area (Å²) in [7, 11) is 0. The fourth-order valence-electron chi connectivity index (χ4n) is 2.21. The fourth-order valence-corrected chi connectivity index (χ4v) is 2.65. The van der Waals surface area contributed by atoms with Gasteiger partial charge in [0, 0.05) is 12.1 Å². The van der Waals surface area contributed by atoms with Crippen LogP contribution in [0.15, 0.2) is 18.2 Å². The van der Waals surface area contributed by atoms with Crippen molar-refractivity contribution in [1.29, 1.82) is 0 Å². The van der Waals surface area contributed by atoms with Crippen LogP contribution in [0.2, 0.25) is 0 Å². The summed E-state index contributed by atoms with van der Waals surface area (Å²) >= 11 is 6.17. The van der Waals surface area contributed by atoms with Crippen LogP contribution in [-0.2, 0) is 18.0 Å². The molecule has 4 heteroatoms. The number of nitrogens with one attached hydrogen (secondary N) is 1. The van der Waals surface area contributed by atoms with E-state index in [9.17, 15) is 4.79 Å². The molecule has 1 unspecified atom stereocenters. The molecule has 1 aromatic carbocycles. The second kappa shape index (κ2) is 6.40. The van der Waals surface area contributed by atoms with Crippen molar-refractivity contribution in [3.05, 3.63) is 34.9 Å². The molecular formula is C15H20ClNO2. The molecule has 3 nitrogen and oxygen atoms in total. The van der Waals surface area contributed by atoms with Gasteiger partial charge in [-0.1, -0.05) is 19.9 Å². The van der Waals surface area contributed by atoms with Gasteiger partial charge < -0.3 is 10.1 Å². The van der Waals surface area contributed by atoms with Crippen molar-refractivity contribution < 1.29 is 9.53 Å². The van der Waals surface area contributed by atoms with Gasteiger partial charge in [0.1, 0.15) is 0 Å². The van der Waals surface area contributed by atoms with Gasteiger partial charge in [-0.2, -0.15) is 0 Å². The molecule has 0 fully saturated rings. The molecule has 1 aliphatic rings. The van der Waals surface area contributed by atoms with Crippen molar-refractivity contribution in [1.82, 2.24) is 5.32 Å². The topological polar surface area (TPSA) is 38.3 Å². The summed E-state index contributed by atoms with van der Waals surface area (Å²) in [5.74, 6) is 0.473. The van der Waals surface area contributed by atoms with E-state index in [1.54, 1.807) is 0 Å². The van der Waals surface area contributed by atoms with E-state index in [0.717, 1.165) is 12.0 Å². The Balaban J connectivity index is 1.90. The highest BCUT2D eigenvalue weighted by molar-refractivity contribution is 6.20. The number of fused-ring (bicyclic) bond motifs is 1. The number of carbonyl (C=O) groups excluding carboxylic acids is 1. The van der Waals surface area contributed by atoms with Gasteiger partial charge in [0.15, 0.2) is 0 Å². The van der Waals surface area contributed by atoms with Crippen LogP contribution in [0.3, 0.4) is 0 Å². The Morgan fingerprint density at radius 3 is 2.84 bits per heavy atom. The van der Waals surface area contributed by atoms with Crippen LogP contribution in [0.4, 0.5) is 0 Å². The third-order valence-corrected chi connectivity index (χ3v) is 3.53. The van der Waals surface area contributed by atoms with Crippen molar-refractivity contribution >= 4 is 17.5 Å². The molecule has 0 saturated heterocycles. The molecule has 0 bridgehead atoms. The number of benzene rings is 1. The first-order chi connectivity index (χ1) is 9.06. The van der Waals surface area contributed by atoms with Crippen LogP contribution in [-0.4, -0.2) is 17.8 Å². The smallest absolute Gasteiger partial charge is 0.251 e. The van der Waals surface area contributed by atoms with Crippen molar-refractivity contribution in [2.24, 2.45) is 5.92 Å². The highest BCUT2D eigenvalue weighted by Crippen LogP contribution is 2.20. The van der Waals surface area contributed by atoms with Gasteiger partial charge in [-0.25, -0.2) is 0 Å². The van der Waals surface area contributed by atoms with E-state index in [4.69, 9.17) is 16.3 Å². The normalized spacial score (nSPS) is 15.4. The minimum absolute atomic E-state index is 0.0123. The summed E-state index contributed by atoms with van der Waals surface area (Å²) in [4.78, 5) is 12.0. The van der Waals surface area contributed by atoms with Crippen molar-refractivity contribution in [2.75, 3.05) is 6.54 Å². The quantitative estimate of drug-likeness (QED) is 0.842. The number of alkyl halides is 1. The van der Waals surface area contributed by atoms with Crippen LogP contribution in [0, 0.1) is 5.92 Å². The van der Waals surface area contributed by atoms with Crippen LogP contribution in [0.1, 0.15) is 41.8 Å². The Hall–Kier alpha value is -1.06. The van der Waals surface area contributed by atoms with Crippen LogP contribution >= 0.6 is 11.6 Å². The van der Waals surface area contributed by atoms with Crippen molar-refractivity contribution in [2.45, 2.75) is 38.9 Å². The molecule has 1 N–H and O–H groups in total. The van der Waals surface area contributed by atoms with Gasteiger partial charge in [0.2, 0.25) is 0 Å². The van der Waals surface area contributed by atoms with E-state index in [0.29, 0.717) is 31.2 Å². The van der Waals surface area contributed by atoms with E-state index >= 15 is 0 Å². The molecule has 0 saturated carbocycles. The minimum atomic E-state index is -0.0656. The zero-order valence-electron chi connectivity index (χ0n) is 11.4. The molecule has 0 aromatic heterocycles. The van der Waals surface area contributed by atoms with Gasteiger partial charge in [0.05, 0.1) is 18.6 Å². The Kier molecular flexibility index (Phi) is 4.83. The average molecular weight is 282 g/mol. The zero-order chi connectivity index (χ0) is 13.8. The molecule has 2 rings (SSSR count). The van der Waals surface area contributed by atoms with E-state index in [1.165, 1.54) is 5.56 Å². The van der Waals surface area contributed by atoms with Crippen LogP contribution in [0.5, 0.6) is 0 Å². The third kappa shape index (κ3) is 3.95. The SMILES string of the molecule is CC(C)CC(Cl)CNC(=O)c1ccc2c(c1)COC2. The molecule has 1 heterocycles. The molecule has 104 valence electrons. The second-order valence-corrected chi connectivity index (χ2v) is 6.03. The average Bonchev–Trinajstić information content (AvgIpc) is 2.82. The maximum atomic E-state index is 12.0. The van der Waals surface area contributed by atoms with Crippen LogP contribution < -0.4 is 5.32 Å². The maximum absolute atomic E-state index is 12.0. The molecule has 1 aromatic rings. The first-order valence-corrected chi connectivity index (χ1v) is 7.11. The van der Waals surface area contributed by atoms with Crippen molar-refractivity contribution in [3.8, 4) is 0 Å². The van der Waals surface area contributed by atoms with E-state index in [1.807, 2.05) is 18.2 Å². The summed E-state index contributed by atoms with van der Waals surface area (Å²) in [6, 6.07) is 5.71. The molecule has 1 amide bonds. The van der Waals surface area contributed by atoms with Gasteiger partial charge in [-0.15, -0.1) is 11.6 Å². The third-order valence-electron chi connectivity index (χ3n) is 3.19. The first-order valence-electron chi connectivity index (χ1n) is 6.68. The van der Waals surface area contributed by atoms with Gasteiger partial charge in [0.25, 0.3) is 5.91 Å². The van der Waals surface area contributed by atoms with E-state index in [-0.39, 0.29) is 11.3 Å². The summed E-state index contributed by atoms with van der Waals surface area (Å²) < 4.78 is 5.34. The minimum Gasteiger partial charge on any atom is -0.372 e. The molecule has 0 radical (unpaired) electrons. The largest absolute Gasteiger partial charge is 0.372 e. The summed E-state index contributed by atoms with van der Waals surface area (Å²) in [6.07, 6.45) is 0.903. The van der Waals surface area contributed by atoms with E-state index in [2.05, 4.69) is 19.2 Å². The van der Waals surface area contributed by atoms with Gasteiger partial charge in [-0.3, -0.25) is 4.79 Å². The Labute approximate surface area is 119 Å². The molecule has 1 aliphatic heterocycles. The zero-order valence-corrected chi connectivity index (χ0v) is 12.2. The summed E-state index contributed by atoms with van der Waals surface area (Å²) in [6.45, 7) is 6.00. The standard InChI is InChI=1S/C15H20ClNO2/c1-10(2)5-14(16)7-17-15(18)11-3-4-12-8-19-9-13(12)6-11/h3-4,6,10,14H,5,7-9H2,1-2H3,(H,17,18). The molecule has 0 spiro atoms. The second-order valence-electron chi connectivity index (χ2n) is 5.41. The van der Waals surface area contributed by atoms with Gasteiger partial charge in [-0.05, 0) is 35.6 Å². The highest BCUT2D eigenvalue weighted by Gasteiger charge is 2.15. The molecule has 19 heavy (non-hydrogen) atoms. The lowest BCUT2D eigenvalue weighted by Gasteiger charge is -2.13. The van der Waals surface area contributed by atoms with Crippen LogP contribution in [0.25, 0.3) is 0 Å². The monoisotopic (exact) mass is 281 g/mol. The number of ether oxygens (including phenoxy) is 1. The number of hydrogen-bond donors (Lipinski definition) is 1. The first kappa shape index (κ1) is 14.4. The number of hydrogen-bond acceptors (Lipinski definition) is 2. The number of halogens is 1. The predicted molar refractivity (Wildman–Crippen MR) is 76.4 cm³/mol. The summed E-state index contributed by atoms with van der Waals surface area (Å²) in [5.41, 5.74) is 2.96. The molecule has 0 aliphatic carbocycles.